The predicted molar refractivity (Wildman–Crippen MR) is 102 cm³/mol. The van der Waals surface area contributed by atoms with Crippen molar-refractivity contribution < 1.29 is 23.7 Å². The summed E-state index contributed by atoms with van der Waals surface area (Å²) in [6.45, 7) is 2.34. The summed E-state index contributed by atoms with van der Waals surface area (Å²) in [5, 5.41) is 0.407. The molecule has 6 heteroatoms. The van der Waals surface area contributed by atoms with E-state index in [4.69, 9.17) is 30.5 Å². The molecule has 0 aliphatic carbocycles. The molecule has 0 N–H and O–H groups in total. The van der Waals surface area contributed by atoms with Crippen LogP contribution in [0.5, 0.6) is 23.0 Å². The molecule has 0 unspecified atom stereocenters. The first-order valence-corrected chi connectivity index (χ1v) is 8.36. The van der Waals surface area contributed by atoms with Crippen LogP contribution in [0.1, 0.15) is 22.8 Å². The van der Waals surface area contributed by atoms with E-state index >= 15 is 0 Å². The van der Waals surface area contributed by atoms with E-state index in [2.05, 4.69) is 0 Å². The van der Waals surface area contributed by atoms with Crippen molar-refractivity contribution in [3.05, 3.63) is 52.6 Å². The zero-order valence-electron chi connectivity index (χ0n) is 15.2. The van der Waals surface area contributed by atoms with Gasteiger partial charge in [-0.1, -0.05) is 17.7 Å². The fourth-order valence-corrected chi connectivity index (χ4v) is 2.71. The van der Waals surface area contributed by atoms with Crippen molar-refractivity contribution in [3.8, 4) is 23.0 Å². The van der Waals surface area contributed by atoms with E-state index < -0.39 is 0 Å². The molecule has 0 saturated heterocycles. The Morgan fingerprint density at radius 2 is 1.81 bits per heavy atom. The van der Waals surface area contributed by atoms with E-state index in [1.807, 2.05) is 6.92 Å². The fourth-order valence-electron chi connectivity index (χ4n) is 2.41. The van der Waals surface area contributed by atoms with Crippen molar-refractivity contribution in [2.45, 2.75) is 6.92 Å². The molecule has 138 valence electrons. The number of carbonyl (C=O) groups excluding carboxylic acids is 1. The van der Waals surface area contributed by atoms with Gasteiger partial charge in [0, 0.05) is 0 Å². The van der Waals surface area contributed by atoms with E-state index in [9.17, 15) is 4.79 Å². The third kappa shape index (κ3) is 4.49. The second kappa shape index (κ2) is 9.15. The summed E-state index contributed by atoms with van der Waals surface area (Å²) < 4.78 is 21.2. The molecule has 0 saturated carbocycles. The van der Waals surface area contributed by atoms with Crippen molar-refractivity contribution in [2.24, 2.45) is 0 Å². The number of ether oxygens (including phenoxy) is 4. The Morgan fingerprint density at radius 1 is 1.04 bits per heavy atom. The van der Waals surface area contributed by atoms with E-state index in [0.717, 1.165) is 5.56 Å². The zero-order valence-corrected chi connectivity index (χ0v) is 15.9. The van der Waals surface area contributed by atoms with Crippen molar-refractivity contribution >= 4 is 23.5 Å². The van der Waals surface area contributed by atoms with Crippen molar-refractivity contribution in [1.82, 2.24) is 0 Å². The standard InChI is InChI=1S/C20H21ClO5/c1-5-26-19-11-13(10-16(21)20(19)25-4)6-8-17(22)15-12-14(23-2)7-9-18(15)24-3/h6-12H,5H2,1-4H3/b8-6+. The minimum absolute atomic E-state index is 0.217. The highest BCUT2D eigenvalue weighted by molar-refractivity contribution is 6.32. The molecule has 0 aromatic heterocycles. The zero-order chi connectivity index (χ0) is 19.1. The summed E-state index contributed by atoms with van der Waals surface area (Å²) in [7, 11) is 4.58. The minimum atomic E-state index is -0.217. The highest BCUT2D eigenvalue weighted by Gasteiger charge is 2.13. The Kier molecular flexibility index (Phi) is 6.92. The molecule has 2 aromatic rings. The highest BCUT2D eigenvalue weighted by Crippen LogP contribution is 2.36. The lowest BCUT2D eigenvalue weighted by atomic mass is 10.1. The molecule has 2 rings (SSSR count). The van der Waals surface area contributed by atoms with Crippen LogP contribution in [0.3, 0.4) is 0 Å². The van der Waals surface area contributed by atoms with Crippen molar-refractivity contribution in [2.75, 3.05) is 27.9 Å². The van der Waals surface area contributed by atoms with Gasteiger partial charge in [0.15, 0.2) is 17.3 Å². The molecular weight excluding hydrogens is 356 g/mol. The SMILES string of the molecule is CCOc1cc(/C=C/C(=O)c2cc(OC)ccc2OC)cc(Cl)c1OC. The molecule has 0 bridgehead atoms. The molecule has 26 heavy (non-hydrogen) atoms. The molecule has 0 radical (unpaired) electrons. The monoisotopic (exact) mass is 376 g/mol. The van der Waals surface area contributed by atoms with Gasteiger partial charge in [-0.05, 0) is 48.9 Å². The van der Waals surface area contributed by atoms with Crippen LogP contribution in [-0.4, -0.2) is 33.7 Å². The summed E-state index contributed by atoms with van der Waals surface area (Å²) in [4.78, 5) is 12.6. The van der Waals surface area contributed by atoms with Gasteiger partial charge >= 0.3 is 0 Å². The fraction of sp³-hybridized carbons (Fsp3) is 0.250. The second-order valence-electron chi connectivity index (χ2n) is 5.23. The molecule has 0 heterocycles. The third-order valence-electron chi connectivity index (χ3n) is 3.64. The molecule has 0 spiro atoms. The number of halogens is 1. The normalized spacial score (nSPS) is 10.7. The maximum atomic E-state index is 12.6. The maximum absolute atomic E-state index is 12.6. The van der Waals surface area contributed by atoms with Crippen LogP contribution >= 0.6 is 11.6 Å². The quantitative estimate of drug-likeness (QED) is 0.495. The Balaban J connectivity index is 2.33. The van der Waals surface area contributed by atoms with E-state index in [1.165, 1.54) is 20.3 Å². The van der Waals surface area contributed by atoms with Crippen LogP contribution in [0, 0.1) is 0 Å². The van der Waals surface area contributed by atoms with Crippen LogP contribution in [0.25, 0.3) is 6.08 Å². The summed E-state index contributed by atoms with van der Waals surface area (Å²) in [5.74, 6) is 1.82. The molecular formula is C20H21ClO5. The first-order chi connectivity index (χ1) is 12.5. The maximum Gasteiger partial charge on any atom is 0.189 e. The van der Waals surface area contributed by atoms with Crippen molar-refractivity contribution in [1.29, 1.82) is 0 Å². The highest BCUT2D eigenvalue weighted by atomic mass is 35.5. The molecule has 0 aliphatic heterocycles. The molecule has 0 amide bonds. The molecule has 0 aliphatic rings. The van der Waals surface area contributed by atoms with Gasteiger partial charge in [0.2, 0.25) is 0 Å². The van der Waals surface area contributed by atoms with Crippen LogP contribution in [-0.2, 0) is 0 Å². The lowest BCUT2D eigenvalue weighted by Gasteiger charge is -2.12. The number of ketones is 1. The predicted octanol–water partition coefficient (Wildman–Crippen LogP) is 4.66. The van der Waals surface area contributed by atoms with Crippen LogP contribution < -0.4 is 18.9 Å². The van der Waals surface area contributed by atoms with Gasteiger partial charge in [0.05, 0.1) is 38.5 Å². The van der Waals surface area contributed by atoms with E-state index in [-0.39, 0.29) is 5.78 Å². The lowest BCUT2D eigenvalue weighted by molar-refractivity contribution is 0.104. The number of allylic oxidation sites excluding steroid dienone is 1. The average Bonchev–Trinajstić information content (AvgIpc) is 2.65. The first kappa shape index (κ1) is 19.7. The third-order valence-corrected chi connectivity index (χ3v) is 3.92. The average molecular weight is 377 g/mol. The van der Waals surface area contributed by atoms with Crippen LogP contribution in [0.2, 0.25) is 5.02 Å². The number of benzene rings is 2. The number of methoxy groups -OCH3 is 3. The molecule has 2 aromatic carbocycles. The van der Waals surface area contributed by atoms with Gasteiger partial charge in [0.25, 0.3) is 0 Å². The first-order valence-electron chi connectivity index (χ1n) is 7.98. The topological polar surface area (TPSA) is 54.0 Å². The summed E-state index contributed by atoms with van der Waals surface area (Å²) in [6.07, 6.45) is 3.11. The van der Waals surface area contributed by atoms with E-state index in [1.54, 1.807) is 43.5 Å². The Morgan fingerprint density at radius 3 is 2.42 bits per heavy atom. The van der Waals surface area contributed by atoms with Gasteiger partial charge in [0.1, 0.15) is 11.5 Å². The summed E-state index contributed by atoms with van der Waals surface area (Å²) in [5.41, 5.74) is 1.13. The van der Waals surface area contributed by atoms with Crippen molar-refractivity contribution in [3.63, 3.8) is 0 Å². The Hall–Kier alpha value is -2.66. The second-order valence-corrected chi connectivity index (χ2v) is 5.64. The number of carbonyl (C=O) groups is 1. The number of hydrogen-bond acceptors (Lipinski definition) is 5. The molecule has 0 fully saturated rings. The van der Waals surface area contributed by atoms with Gasteiger partial charge in [-0.2, -0.15) is 0 Å². The minimum Gasteiger partial charge on any atom is -0.497 e. The summed E-state index contributed by atoms with van der Waals surface area (Å²) >= 11 is 6.23. The number of rotatable bonds is 8. The van der Waals surface area contributed by atoms with Gasteiger partial charge in [-0.15, -0.1) is 0 Å². The number of hydrogen-bond donors (Lipinski definition) is 0. The van der Waals surface area contributed by atoms with E-state index in [0.29, 0.717) is 40.2 Å². The summed E-state index contributed by atoms with van der Waals surface area (Å²) in [6, 6.07) is 8.53. The molecule has 5 nitrogen and oxygen atoms in total. The van der Waals surface area contributed by atoms with Gasteiger partial charge in [-0.3, -0.25) is 4.79 Å². The van der Waals surface area contributed by atoms with Gasteiger partial charge in [-0.25, -0.2) is 0 Å². The lowest BCUT2D eigenvalue weighted by Crippen LogP contribution is -2.00. The molecule has 0 atom stereocenters. The van der Waals surface area contributed by atoms with Crippen LogP contribution in [0.4, 0.5) is 0 Å². The van der Waals surface area contributed by atoms with Crippen LogP contribution in [0.15, 0.2) is 36.4 Å². The smallest absolute Gasteiger partial charge is 0.189 e. The largest absolute Gasteiger partial charge is 0.497 e. The Bertz CT molecular complexity index is 814. The Labute approximate surface area is 158 Å². The van der Waals surface area contributed by atoms with Gasteiger partial charge < -0.3 is 18.9 Å².